The van der Waals surface area contributed by atoms with Gasteiger partial charge in [-0.05, 0) is 12.5 Å². The van der Waals surface area contributed by atoms with Gasteiger partial charge in [-0.3, -0.25) is 15.0 Å². The standard InChI is InChI=1S/C16H15N3O2S/c1-3-13(20)18-19-9-17-15-14(16(19)21)12(8-22-15)11-6-4-10(2)5-7-11/h4-9H,3H2,1-2H3,(H,18,20). The quantitative estimate of drug-likeness (QED) is 0.808. The maximum Gasteiger partial charge on any atom is 0.281 e. The van der Waals surface area contributed by atoms with Gasteiger partial charge >= 0.3 is 0 Å². The second kappa shape index (κ2) is 5.73. The van der Waals surface area contributed by atoms with Crippen LogP contribution in [0.25, 0.3) is 21.3 Å². The van der Waals surface area contributed by atoms with Crippen LogP contribution in [0.15, 0.2) is 40.8 Å². The van der Waals surface area contributed by atoms with E-state index in [2.05, 4.69) is 10.4 Å². The highest BCUT2D eigenvalue weighted by Crippen LogP contribution is 2.30. The van der Waals surface area contributed by atoms with Crippen LogP contribution < -0.4 is 11.0 Å². The molecule has 2 heterocycles. The molecule has 112 valence electrons. The summed E-state index contributed by atoms with van der Waals surface area (Å²) < 4.78 is 1.15. The van der Waals surface area contributed by atoms with Crippen molar-refractivity contribution in [3.63, 3.8) is 0 Å². The van der Waals surface area contributed by atoms with Crippen LogP contribution in [0.5, 0.6) is 0 Å². The summed E-state index contributed by atoms with van der Waals surface area (Å²) in [4.78, 5) is 29.1. The van der Waals surface area contributed by atoms with Gasteiger partial charge in [0.15, 0.2) is 0 Å². The predicted molar refractivity (Wildman–Crippen MR) is 88.7 cm³/mol. The molecule has 5 nitrogen and oxygen atoms in total. The number of hydrogen-bond donors (Lipinski definition) is 1. The molecular weight excluding hydrogens is 298 g/mol. The predicted octanol–water partition coefficient (Wildman–Crippen LogP) is 2.91. The van der Waals surface area contributed by atoms with Crippen molar-refractivity contribution in [2.45, 2.75) is 20.3 Å². The van der Waals surface area contributed by atoms with Gasteiger partial charge < -0.3 is 0 Å². The van der Waals surface area contributed by atoms with E-state index in [1.54, 1.807) is 6.92 Å². The summed E-state index contributed by atoms with van der Waals surface area (Å²) in [5.41, 5.74) is 5.25. The zero-order valence-electron chi connectivity index (χ0n) is 12.3. The second-order valence-electron chi connectivity index (χ2n) is 5.00. The zero-order chi connectivity index (χ0) is 15.7. The van der Waals surface area contributed by atoms with E-state index >= 15 is 0 Å². The number of carbonyl (C=O) groups excluding carboxylic acids is 1. The van der Waals surface area contributed by atoms with Gasteiger partial charge in [-0.2, -0.15) is 0 Å². The van der Waals surface area contributed by atoms with Crippen molar-refractivity contribution in [2.24, 2.45) is 0 Å². The number of thiophene rings is 1. The van der Waals surface area contributed by atoms with Crippen molar-refractivity contribution in [1.29, 1.82) is 0 Å². The minimum atomic E-state index is -0.261. The smallest absolute Gasteiger partial charge is 0.273 e. The van der Waals surface area contributed by atoms with Crippen LogP contribution in [0.2, 0.25) is 0 Å². The molecule has 22 heavy (non-hydrogen) atoms. The third kappa shape index (κ3) is 2.53. The van der Waals surface area contributed by atoms with Gasteiger partial charge in [-0.25, -0.2) is 9.66 Å². The molecule has 6 heteroatoms. The molecule has 0 aliphatic rings. The molecule has 0 fully saturated rings. The lowest BCUT2D eigenvalue weighted by molar-refractivity contribution is -0.116. The van der Waals surface area contributed by atoms with Crippen molar-refractivity contribution in [1.82, 2.24) is 9.66 Å². The SMILES string of the molecule is CCC(=O)Nn1cnc2scc(-c3ccc(C)cc3)c2c1=O. The Morgan fingerprint density at radius 2 is 2.05 bits per heavy atom. The first-order chi connectivity index (χ1) is 10.6. The molecule has 0 bridgehead atoms. The Labute approximate surface area is 131 Å². The van der Waals surface area contributed by atoms with Gasteiger partial charge in [-0.15, -0.1) is 11.3 Å². The molecule has 0 aliphatic heterocycles. The maximum absolute atomic E-state index is 12.6. The molecule has 0 atom stereocenters. The molecule has 0 aliphatic carbocycles. The topological polar surface area (TPSA) is 64.0 Å². The van der Waals surface area contributed by atoms with Crippen molar-refractivity contribution < 1.29 is 4.79 Å². The Kier molecular flexibility index (Phi) is 3.77. The Hall–Kier alpha value is -2.47. The van der Waals surface area contributed by atoms with E-state index in [-0.39, 0.29) is 11.5 Å². The number of benzene rings is 1. The van der Waals surface area contributed by atoms with Gasteiger partial charge in [0.05, 0.1) is 5.39 Å². The van der Waals surface area contributed by atoms with Crippen molar-refractivity contribution in [3.05, 3.63) is 51.9 Å². The van der Waals surface area contributed by atoms with Crippen molar-refractivity contribution in [2.75, 3.05) is 5.43 Å². The van der Waals surface area contributed by atoms with Crippen LogP contribution in [0.4, 0.5) is 0 Å². The summed E-state index contributed by atoms with van der Waals surface area (Å²) >= 11 is 1.42. The molecule has 0 spiro atoms. The van der Waals surface area contributed by atoms with Gasteiger partial charge in [0.25, 0.3) is 5.56 Å². The molecule has 3 aromatic rings. The molecule has 3 rings (SSSR count). The van der Waals surface area contributed by atoms with E-state index in [0.717, 1.165) is 21.4 Å². The number of carbonyl (C=O) groups is 1. The van der Waals surface area contributed by atoms with Crippen LogP contribution in [0.3, 0.4) is 0 Å². The van der Waals surface area contributed by atoms with Crippen LogP contribution in [0, 0.1) is 6.92 Å². The first kappa shape index (κ1) is 14.5. The zero-order valence-corrected chi connectivity index (χ0v) is 13.1. The fourth-order valence-corrected chi connectivity index (χ4v) is 3.08. The highest BCUT2D eigenvalue weighted by Gasteiger charge is 2.13. The number of nitrogens with one attached hydrogen (secondary N) is 1. The Morgan fingerprint density at radius 3 is 2.73 bits per heavy atom. The van der Waals surface area contributed by atoms with E-state index in [1.807, 2.05) is 36.6 Å². The molecule has 0 saturated heterocycles. The highest BCUT2D eigenvalue weighted by atomic mass is 32.1. The first-order valence-electron chi connectivity index (χ1n) is 6.96. The van der Waals surface area contributed by atoms with Crippen molar-refractivity contribution >= 4 is 27.5 Å². The van der Waals surface area contributed by atoms with Crippen LogP contribution in [-0.4, -0.2) is 15.6 Å². The van der Waals surface area contributed by atoms with Crippen molar-refractivity contribution in [3.8, 4) is 11.1 Å². The van der Waals surface area contributed by atoms with Gasteiger partial charge in [0, 0.05) is 17.4 Å². The first-order valence-corrected chi connectivity index (χ1v) is 7.84. The van der Waals surface area contributed by atoms with E-state index in [0.29, 0.717) is 16.6 Å². The Morgan fingerprint density at radius 1 is 1.32 bits per heavy atom. The summed E-state index contributed by atoms with van der Waals surface area (Å²) in [7, 11) is 0. The number of amides is 1. The number of hydrogen-bond acceptors (Lipinski definition) is 4. The van der Waals surface area contributed by atoms with Crippen LogP contribution >= 0.6 is 11.3 Å². The average Bonchev–Trinajstić information content (AvgIpc) is 2.95. The van der Waals surface area contributed by atoms with Gasteiger partial charge in [0.1, 0.15) is 11.2 Å². The molecule has 1 aromatic carbocycles. The number of aryl methyl sites for hydroxylation is 1. The maximum atomic E-state index is 12.6. The number of rotatable bonds is 3. The number of aromatic nitrogens is 2. The number of nitrogens with zero attached hydrogens (tertiary/aromatic N) is 2. The molecule has 0 radical (unpaired) electrons. The molecule has 0 unspecified atom stereocenters. The van der Waals surface area contributed by atoms with E-state index < -0.39 is 0 Å². The molecule has 0 saturated carbocycles. The Bertz CT molecular complexity index is 894. The van der Waals surface area contributed by atoms with E-state index in [4.69, 9.17) is 0 Å². The lowest BCUT2D eigenvalue weighted by Gasteiger charge is -2.07. The lowest BCUT2D eigenvalue weighted by Crippen LogP contribution is -2.32. The second-order valence-corrected chi connectivity index (χ2v) is 5.86. The van der Waals surface area contributed by atoms with Gasteiger partial charge in [0.2, 0.25) is 5.91 Å². The van der Waals surface area contributed by atoms with E-state index in [9.17, 15) is 9.59 Å². The minimum absolute atomic E-state index is 0.227. The van der Waals surface area contributed by atoms with Gasteiger partial charge in [-0.1, -0.05) is 36.8 Å². The fraction of sp³-hybridized carbons (Fsp3) is 0.188. The summed E-state index contributed by atoms with van der Waals surface area (Å²) in [6.45, 7) is 3.75. The monoisotopic (exact) mass is 313 g/mol. The summed E-state index contributed by atoms with van der Waals surface area (Å²) in [5.74, 6) is -0.227. The van der Waals surface area contributed by atoms with E-state index in [1.165, 1.54) is 17.7 Å². The van der Waals surface area contributed by atoms with Crippen LogP contribution in [-0.2, 0) is 4.79 Å². The summed E-state index contributed by atoms with van der Waals surface area (Å²) in [6, 6.07) is 7.98. The Balaban J connectivity index is 2.16. The highest BCUT2D eigenvalue weighted by molar-refractivity contribution is 7.17. The molecular formula is C16H15N3O2S. The minimum Gasteiger partial charge on any atom is -0.273 e. The third-order valence-corrected chi connectivity index (χ3v) is 4.31. The lowest BCUT2D eigenvalue weighted by atomic mass is 10.1. The number of fused-ring (bicyclic) bond motifs is 1. The third-order valence-electron chi connectivity index (χ3n) is 3.42. The molecule has 1 amide bonds. The molecule has 2 aromatic heterocycles. The fourth-order valence-electron chi connectivity index (χ4n) is 2.17. The summed E-state index contributed by atoms with van der Waals surface area (Å²) in [6.07, 6.45) is 1.66. The molecule has 1 N–H and O–H groups in total. The average molecular weight is 313 g/mol. The van der Waals surface area contributed by atoms with Crippen LogP contribution in [0.1, 0.15) is 18.9 Å². The largest absolute Gasteiger partial charge is 0.281 e. The summed E-state index contributed by atoms with van der Waals surface area (Å²) in [5, 5.41) is 2.46. The normalized spacial score (nSPS) is 10.8.